The first kappa shape index (κ1) is 15.9. The summed E-state index contributed by atoms with van der Waals surface area (Å²) < 4.78 is 0. The van der Waals surface area contributed by atoms with Crippen molar-refractivity contribution in [3.8, 4) is 0 Å². The van der Waals surface area contributed by atoms with Gasteiger partial charge in [0.05, 0.1) is 0 Å². The van der Waals surface area contributed by atoms with Gasteiger partial charge < -0.3 is 10.6 Å². The lowest BCUT2D eigenvalue weighted by Gasteiger charge is -2.29. The summed E-state index contributed by atoms with van der Waals surface area (Å²) in [6.45, 7) is 12.6. The van der Waals surface area contributed by atoms with Gasteiger partial charge in [-0.25, -0.2) is 0 Å². The lowest BCUT2D eigenvalue weighted by molar-refractivity contribution is 0.191. The molecule has 0 saturated carbocycles. The number of nitrogens with zero attached hydrogens (tertiary/aromatic N) is 2. The first-order valence-corrected chi connectivity index (χ1v) is 7.61. The van der Waals surface area contributed by atoms with Gasteiger partial charge >= 0.3 is 0 Å². The molecule has 0 aliphatic carbocycles. The van der Waals surface area contributed by atoms with Crippen LogP contribution in [0.25, 0.3) is 0 Å². The fourth-order valence-electron chi connectivity index (χ4n) is 2.90. The van der Waals surface area contributed by atoms with E-state index in [0.717, 1.165) is 12.6 Å². The molecule has 0 aromatic heterocycles. The van der Waals surface area contributed by atoms with E-state index in [4.69, 9.17) is 5.73 Å². The number of likely N-dealkylation sites (N-methyl/N-ethyl adjacent to an activating group) is 2. The quantitative estimate of drug-likeness (QED) is 0.721. The number of rotatable bonds is 8. The molecule has 0 spiro atoms. The first-order valence-electron chi connectivity index (χ1n) is 7.61. The average Bonchev–Trinajstić information content (AvgIpc) is 2.76. The second-order valence-corrected chi connectivity index (χ2v) is 6.66. The largest absolute Gasteiger partial charge is 0.330 e. The number of hydrogen-bond donors (Lipinski definition) is 1. The van der Waals surface area contributed by atoms with E-state index in [0.29, 0.717) is 5.41 Å². The summed E-state index contributed by atoms with van der Waals surface area (Å²) in [4.78, 5) is 5.13. The zero-order valence-electron chi connectivity index (χ0n) is 12.9. The molecule has 1 saturated heterocycles. The maximum absolute atomic E-state index is 5.77. The second kappa shape index (κ2) is 7.46. The molecule has 3 nitrogen and oxygen atoms in total. The summed E-state index contributed by atoms with van der Waals surface area (Å²) in [5.74, 6) is 0. The van der Waals surface area contributed by atoms with Crippen molar-refractivity contribution in [1.29, 1.82) is 0 Å². The van der Waals surface area contributed by atoms with E-state index in [2.05, 4.69) is 37.6 Å². The van der Waals surface area contributed by atoms with Crippen LogP contribution in [0.2, 0.25) is 0 Å². The van der Waals surface area contributed by atoms with Crippen LogP contribution in [0.1, 0.15) is 46.5 Å². The van der Waals surface area contributed by atoms with Crippen LogP contribution < -0.4 is 5.73 Å². The lowest BCUT2D eigenvalue weighted by Crippen LogP contribution is -2.39. The van der Waals surface area contributed by atoms with Gasteiger partial charge in [0, 0.05) is 12.6 Å². The van der Waals surface area contributed by atoms with Crippen molar-refractivity contribution in [3.63, 3.8) is 0 Å². The monoisotopic (exact) mass is 255 g/mol. The van der Waals surface area contributed by atoms with Crippen molar-refractivity contribution in [2.45, 2.75) is 52.5 Å². The van der Waals surface area contributed by atoms with Crippen LogP contribution in [0.5, 0.6) is 0 Å². The molecule has 3 heteroatoms. The summed E-state index contributed by atoms with van der Waals surface area (Å²) >= 11 is 0. The topological polar surface area (TPSA) is 32.5 Å². The Morgan fingerprint density at radius 1 is 1.39 bits per heavy atom. The molecular weight excluding hydrogens is 222 g/mol. The molecule has 1 unspecified atom stereocenters. The molecule has 0 radical (unpaired) electrons. The van der Waals surface area contributed by atoms with E-state index in [9.17, 15) is 0 Å². The van der Waals surface area contributed by atoms with Gasteiger partial charge in [0.2, 0.25) is 0 Å². The molecule has 108 valence electrons. The Bertz CT molecular complexity index is 228. The van der Waals surface area contributed by atoms with Crippen molar-refractivity contribution in [2.75, 3.05) is 39.8 Å². The zero-order valence-corrected chi connectivity index (χ0v) is 12.9. The third-order valence-electron chi connectivity index (χ3n) is 4.37. The number of likely N-dealkylation sites (tertiary alicyclic amines) is 1. The Hall–Kier alpha value is -0.120. The van der Waals surface area contributed by atoms with E-state index in [1.807, 2.05) is 0 Å². The SMILES string of the molecule is CCN1CCCC1CN(C)CCCC(C)(C)CN. The highest BCUT2D eigenvalue weighted by Crippen LogP contribution is 2.21. The van der Waals surface area contributed by atoms with Crippen molar-refractivity contribution >= 4 is 0 Å². The molecule has 0 bridgehead atoms. The highest BCUT2D eigenvalue weighted by atomic mass is 15.2. The molecular formula is C15H33N3. The third kappa shape index (κ3) is 5.25. The van der Waals surface area contributed by atoms with Crippen LogP contribution >= 0.6 is 0 Å². The Morgan fingerprint density at radius 3 is 2.72 bits per heavy atom. The maximum atomic E-state index is 5.77. The highest BCUT2D eigenvalue weighted by Gasteiger charge is 2.24. The van der Waals surface area contributed by atoms with Gasteiger partial charge in [-0.3, -0.25) is 4.90 Å². The smallest absolute Gasteiger partial charge is 0.0223 e. The molecule has 1 rings (SSSR count). The lowest BCUT2D eigenvalue weighted by atomic mass is 9.88. The molecule has 0 amide bonds. The minimum atomic E-state index is 0.309. The van der Waals surface area contributed by atoms with E-state index < -0.39 is 0 Å². The van der Waals surface area contributed by atoms with E-state index in [-0.39, 0.29) is 0 Å². The summed E-state index contributed by atoms with van der Waals surface area (Å²) in [6.07, 6.45) is 5.26. The van der Waals surface area contributed by atoms with Gasteiger partial charge in [-0.2, -0.15) is 0 Å². The third-order valence-corrected chi connectivity index (χ3v) is 4.37. The van der Waals surface area contributed by atoms with Gasteiger partial charge in [-0.15, -0.1) is 0 Å². The fourth-order valence-corrected chi connectivity index (χ4v) is 2.90. The molecule has 1 aliphatic rings. The molecule has 1 aliphatic heterocycles. The molecule has 1 heterocycles. The summed E-state index contributed by atoms with van der Waals surface area (Å²) in [5, 5.41) is 0. The van der Waals surface area contributed by atoms with E-state index in [1.165, 1.54) is 51.9 Å². The van der Waals surface area contributed by atoms with Crippen molar-refractivity contribution < 1.29 is 0 Å². The standard InChI is InChI=1S/C15H33N3/c1-5-18-11-6-8-14(18)12-17(4)10-7-9-15(2,3)13-16/h14H,5-13,16H2,1-4H3. The summed E-state index contributed by atoms with van der Waals surface area (Å²) in [6, 6.07) is 0.794. The molecule has 0 aromatic rings. The van der Waals surface area contributed by atoms with Crippen LogP contribution in [0.15, 0.2) is 0 Å². The highest BCUT2D eigenvalue weighted by molar-refractivity contribution is 4.80. The van der Waals surface area contributed by atoms with Gasteiger partial charge in [-0.1, -0.05) is 20.8 Å². The normalized spacial score (nSPS) is 22.0. The molecule has 1 atom stereocenters. The van der Waals surface area contributed by atoms with Crippen LogP contribution in [0, 0.1) is 5.41 Å². The fraction of sp³-hybridized carbons (Fsp3) is 1.00. The second-order valence-electron chi connectivity index (χ2n) is 6.66. The van der Waals surface area contributed by atoms with E-state index in [1.54, 1.807) is 0 Å². The van der Waals surface area contributed by atoms with Gasteiger partial charge in [0.1, 0.15) is 0 Å². The Balaban J connectivity index is 2.19. The average molecular weight is 255 g/mol. The van der Waals surface area contributed by atoms with Crippen LogP contribution in [-0.2, 0) is 0 Å². The summed E-state index contributed by atoms with van der Waals surface area (Å²) in [7, 11) is 2.27. The predicted octanol–water partition coefficient (Wildman–Crippen LogP) is 2.17. The molecule has 0 aromatic carbocycles. The van der Waals surface area contributed by atoms with Crippen molar-refractivity contribution in [2.24, 2.45) is 11.1 Å². The van der Waals surface area contributed by atoms with Crippen molar-refractivity contribution in [3.05, 3.63) is 0 Å². The molecule has 2 N–H and O–H groups in total. The Labute approximate surface area is 114 Å². The van der Waals surface area contributed by atoms with Crippen molar-refractivity contribution in [1.82, 2.24) is 9.80 Å². The maximum Gasteiger partial charge on any atom is 0.0223 e. The van der Waals surface area contributed by atoms with Gasteiger partial charge in [-0.05, 0) is 64.3 Å². The molecule has 1 fully saturated rings. The van der Waals surface area contributed by atoms with Gasteiger partial charge in [0.15, 0.2) is 0 Å². The predicted molar refractivity (Wildman–Crippen MR) is 79.8 cm³/mol. The minimum absolute atomic E-state index is 0.309. The minimum Gasteiger partial charge on any atom is -0.330 e. The van der Waals surface area contributed by atoms with Crippen LogP contribution in [0.4, 0.5) is 0 Å². The van der Waals surface area contributed by atoms with Crippen LogP contribution in [-0.4, -0.2) is 55.6 Å². The Kier molecular flexibility index (Phi) is 6.61. The first-order chi connectivity index (χ1) is 8.48. The van der Waals surface area contributed by atoms with Crippen LogP contribution in [0.3, 0.4) is 0 Å². The number of hydrogen-bond acceptors (Lipinski definition) is 3. The van der Waals surface area contributed by atoms with E-state index >= 15 is 0 Å². The van der Waals surface area contributed by atoms with Gasteiger partial charge in [0.25, 0.3) is 0 Å². The number of nitrogens with two attached hydrogens (primary N) is 1. The zero-order chi connectivity index (χ0) is 13.6. The summed E-state index contributed by atoms with van der Waals surface area (Å²) in [5.41, 5.74) is 6.08. The molecule has 18 heavy (non-hydrogen) atoms. The Morgan fingerprint density at radius 2 is 2.11 bits per heavy atom.